The highest BCUT2D eigenvalue weighted by molar-refractivity contribution is 5.87. The monoisotopic (exact) mass is 527 g/mol. The minimum atomic E-state index is -0.115. The quantitative estimate of drug-likeness (QED) is 0.215. The number of anilines is 3. The zero-order valence-corrected chi connectivity index (χ0v) is 23.8. The van der Waals surface area contributed by atoms with Crippen molar-refractivity contribution in [3.05, 3.63) is 162 Å². The van der Waals surface area contributed by atoms with Crippen LogP contribution in [-0.4, -0.2) is 0 Å². The maximum absolute atomic E-state index is 2.40. The molecule has 0 spiro atoms. The summed E-state index contributed by atoms with van der Waals surface area (Å²) >= 11 is 0. The van der Waals surface area contributed by atoms with Crippen LogP contribution in [0.3, 0.4) is 0 Å². The molecule has 1 nitrogen and oxygen atoms in total. The summed E-state index contributed by atoms with van der Waals surface area (Å²) in [6.45, 7) is 6.86. The fourth-order valence-corrected chi connectivity index (χ4v) is 6.25. The van der Waals surface area contributed by atoms with Crippen LogP contribution in [0.2, 0.25) is 0 Å². The molecule has 0 amide bonds. The third-order valence-electron chi connectivity index (χ3n) is 8.55. The standard InChI is InChI=1S/C40H33N/c1-28-14-21-34(22-15-28)41(33-12-8-5-9-13-33)35-23-25-37-36-24-20-32(26-38(36)40(2,3)39(37)27-35)31-18-16-30(17-19-31)29-10-6-4-7-11-29/h4-27H,1-3H3. The first kappa shape index (κ1) is 25.1. The third-order valence-corrected chi connectivity index (χ3v) is 8.55. The van der Waals surface area contributed by atoms with Gasteiger partial charge < -0.3 is 4.90 Å². The van der Waals surface area contributed by atoms with E-state index in [1.165, 1.54) is 55.8 Å². The van der Waals surface area contributed by atoms with Crippen molar-refractivity contribution in [3.63, 3.8) is 0 Å². The van der Waals surface area contributed by atoms with E-state index in [1.807, 2.05) is 0 Å². The van der Waals surface area contributed by atoms with Gasteiger partial charge in [0.1, 0.15) is 0 Å². The summed E-state index contributed by atoms with van der Waals surface area (Å²) in [6.07, 6.45) is 0. The first-order valence-corrected chi connectivity index (χ1v) is 14.4. The Morgan fingerprint density at radius 3 is 1.54 bits per heavy atom. The Bertz CT molecular complexity index is 1830. The van der Waals surface area contributed by atoms with E-state index < -0.39 is 0 Å². The van der Waals surface area contributed by atoms with Gasteiger partial charge in [-0.3, -0.25) is 0 Å². The van der Waals surface area contributed by atoms with Crippen LogP contribution in [0.25, 0.3) is 33.4 Å². The van der Waals surface area contributed by atoms with Crippen LogP contribution in [0.1, 0.15) is 30.5 Å². The topological polar surface area (TPSA) is 3.24 Å². The molecule has 0 N–H and O–H groups in total. The fraction of sp³-hybridized carbons (Fsp3) is 0.100. The van der Waals surface area contributed by atoms with E-state index in [4.69, 9.17) is 0 Å². The van der Waals surface area contributed by atoms with Crippen LogP contribution in [0.5, 0.6) is 0 Å². The average molecular weight is 528 g/mol. The first-order valence-electron chi connectivity index (χ1n) is 14.4. The Kier molecular flexibility index (Phi) is 6.09. The van der Waals surface area contributed by atoms with Gasteiger partial charge in [0.2, 0.25) is 0 Å². The highest BCUT2D eigenvalue weighted by Gasteiger charge is 2.36. The van der Waals surface area contributed by atoms with Gasteiger partial charge in [0.15, 0.2) is 0 Å². The SMILES string of the molecule is Cc1ccc(N(c2ccccc2)c2ccc3c(c2)C(C)(C)c2cc(-c4ccc(-c5ccccc5)cc4)ccc2-3)cc1. The lowest BCUT2D eigenvalue weighted by Crippen LogP contribution is -2.16. The summed E-state index contributed by atoms with van der Waals surface area (Å²) in [5, 5.41) is 0. The van der Waals surface area contributed by atoms with E-state index in [0.717, 1.165) is 11.4 Å². The van der Waals surface area contributed by atoms with Gasteiger partial charge in [0.25, 0.3) is 0 Å². The Hall–Kier alpha value is -4.88. The van der Waals surface area contributed by atoms with Crippen molar-refractivity contribution in [2.75, 3.05) is 4.90 Å². The minimum absolute atomic E-state index is 0.115. The van der Waals surface area contributed by atoms with Crippen molar-refractivity contribution in [2.45, 2.75) is 26.2 Å². The maximum atomic E-state index is 2.40. The number of hydrogen-bond acceptors (Lipinski definition) is 1. The van der Waals surface area contributed by atoms with E-state index in [9.17, 15) is 0 Å². The molecule has 0 aromatic heterocycles. The molecule has 198 valence electrons. The van der Waals surface area contributed by atoms with Crippen molar-refractivity contribution < 1.29 is 0 Å². The van der Waals surface area contributed by atoms with E-state index in [1.54, 1.807) is 0 Å². The number of rotatable bonds is 5. The van der Waals surface area contributed by atoms with Crippen LogP contribution in [0, 0.1) is 6.92 Å². The molecular weight excluding hydrogens is 494 g/mol. The predicted octanol–water partition coefficient (Wildman–Crippen LogP) is 11.1. The van der Waals surface area contributed by atoms with Gasteiger partial charge in [-0.05, 0) is 93.9 Å². The lowest BCUT2D eigenvalue weighted by Gasteiger charge is -2.28. The summed E-state index contributed by atoms with van der Waals surface area (Å²) in [5.41, 5.74) is 15.1. The lowest BCUT2D eigenvalue weighted by atomic mass is 9.81. The van der Waals surface area contributed by atoms with Crippen molar-refractivity contribution in [3.8, 4) is 33.4 Å². The minimum Gasteiger partial charge on any atom is -0.310 e. The lowest BCUT2D eigenvalue weighted by molar-refractivity contribution is 0.660. The molecule has 0 bridgehead atoms. The third kappa shape index (κ3) is 4.44. The number of para-hydroxylation sites is 1. The molecule has 7 rings (SSSR count). The largest absolute Gasteiger partial charge is 0.310 e. The second-order valence-electron chi connectivity index (χ2n) is 11.6. The zero-order chi connectivity index (χ0) is 28.0. The molecule has 0 heterocycles. The number of hydrogen-bond donors (Lipinski definition) is 0. The molecule has 41 heavy (non-hydrogen) atoms. The molecule has 0 aliphatic heterocycles. The van der Waals surface area contributed by atoms with Crippen LogP contribution >= 0.6 is 0 Å². The van der Waals surface area contributed by atoms with E-state index in [-0.39, 0.29) is 5.41 Å². The Morgan fingerprint density at radius 1 is 0.415 bits per heavy atom. The Morgan fingerprint density at radius 2 is 0.878 bits per heavy atom. The molecule has 6 aromatic rings. The predicted molar refractivity (Wildman–Crippen MR) is 174 cm³/mol. The Labute approximate surface area is 243 Å². The van der Waals surface area contributed by atoms with E-state index in [0.29, 0.717) is 0 Å². The van der Waals surface area contributed by atoms with Gasteiger partial charge in [0, 0.05) is 22.5 Å². The average Bonchev–Trinajstić information content (AvgIpc) is 3.25. The molecule has 0 unspecified atom stereocenters. The molecular formula is C40H33N. The molecule has 1 aliphatic carbocycles. The van der Waals surface area contributed by atoms with Gasteiger partial charge in [-0.1, -0.05) is 123 Å². The normalized spacial score (nSPS) is 13.0. The molecule has 0 atom stereocenters. The molecule has 6 aromatic carbocycles. The van der Waals surface area contributed by atoms with Gasteiger partial charge >= 0.3 is 0 Å². The summed E-state index contributed by atoms with van der Waals surface area (Å²) in [6, 6.07) is 53.0. The van der Waals surface area contributed by atoms with Gasteiger partial charge in [-0.25, -0.2) is 0 Å². The molecule has 1 heteroatoms. The van der Waals surface area contributed by atoms with E-state index in [2.05, 4.69) is 171 Å². The summed E-state index contributed by atoms with van der Waals surface area (Å²) in [4.78, 5) is 2.36. The van der Waals surface area contributed by atoms with Crippen LogP contribution in [-0.2, 0) is 5.41 Å². The van der Waals surface area contributed by atoms with Crippen molar-refractivity contribution in [1.82, 2.24) is 0 Å². The van der Waals surface area contributed by atoms with Crippen LogP contribution in [0.4, 0.5) is 17.1 Å². The van der Waals surface area contributed by atoms with Crippen molar-refractivity contribution in [2.24, 2.45) is 0 Å². The van der Waals surface area contributed by atoms with Gasteiger partial charge in [-0.15, -0.1) is 0 Å². The second-order valence-corrected chi connectivity index (χ2v) is 11.6. The number of benzene rings is 6. The summed E-state index contributed by atoms with van der Waals surface area (Å²) in [7, 11) is 0. The zero-order valence-electron chi connectivity index (χ0n) is 23.8. The Balaban J connectivity index is 1.27. The molecule has 0 radical (unpaired) electrons. The summed E-state index contributed by atoms with van der Waals surface area (Å²) < 4.78 is 0. The highest BCUT2D eigenvalue weighted by atomic mass is 15.1. The second kappa shape index (κ2) is 9.94. The molecule has 1 aliphatic rings. The maximum Gasteiger partial charge on any atom is 0.0465 e. The first-order chi connectivity index (χ1) is 20.0. The van der Waals surface area contributed by atoms with Gasteiger partial charge in [-0.2, -0.15) is 0 Å². The molecule has 0 fully saturated rings. The smallest absolute Gasteiger partial charge is 0.0465 e. The van der Waals surface area contributed by atoms with Crippen molar-refractivity contribution >= 4 is 17.1 Å². The summed E-state index contributed by atoms with van der Waals surface area (Å²) in [5.74, 6) is 0. The fourth-order valence-electron chi connectivity index (χ4n) is 6.25. The number of fused-ring (bicyclic) bond motifs is 3. The highest BCUT2D eigenvalue weighted by Crippen LogP contribution is 2.51. The molecule has 0 saturated heterocycles. The van der Waals surface area contributed by atoms with Gasteiger partial charge in [0.05, 0.1) is 0 Å². The van der Waals surface area contributed by atoms with Crippen molar-refractivity contribution in [1.29, 1.82) is 0 Å². The number of nitrogens with zero attached hydrogens (tertiary/aromatic N) is 1. The van der Waals surface area contributed by atoms with Crippen LogP contribution in [0.15, 0.2) is 146 Å². The van der Waals surface area contributed by atoms with Crippen LogP contribution < -0.4 is 4.90 Å². The number of aryl methyl sites for hydroxylation is 1. The van der Waals surface area contributed by atoms with E-state index >= 15 is 0 Å². The molecule has 0 saturated carbocycles.